The summed E-state index contributed by atoms with van der Waals surface area (Å²) in [5, 5.41) is 3.60. The van der Waals surface area contributed by atoms with Crippen LogP contribution < -0.4 is 5.32 Å². The van der Waals surface area contributed by atoms with Gasteiger partial charge in [0.25, 0.3) is 0 Å². The van der Waals surface area contributed by atoms with Gasteiger partial charge in [0.15, 0.2) is 0 Å². The molecule has 3 nitrogen and oxygen atoms in total. The second-order valence-corrected chi connectivity index (χ2v) is 5.84. The Balaban J connectivity index is 4.33. The molecule has 1 N–H and O–H groups in total. The predicted octanol–water partition coefficient (Wildman–Crippen LogP) is 2.43. The Labute approximate surface area is 115 Å². The van der Waals surface area contributed by atoms with E-state index < -0.39 is 0 Å². The van der Waals surface area contributed by atoms with Crippen LogP contribution in [0.25, 0.3) is 0 Å². The van der Waals surface area contributed by atoms with Crippen molar-refractivity contribution in [3.8, 4) is 0 Å². The van der Waals surface area contributed by atoms with Gasteiger partial charge < -0.3 is 10.2 Å². The molecule has 0 aromatic rings. The molecule has 0 aliphatic heterocycles. The van der Waals surface area contributed by atoms with Gasteiger partial charge in [0.05, 0.1) is 0 Å². The largest absolute Gasteiger partial charge is 0.313 e. The summed E-state index contributed by atoms with van der Waals surface area (Å²) in [7, 11) is 4.32. The maximum atomic E-state index is 3.60. The van der Waals surface area contributed by atoms with E-state index in [1.54, 1.807) is 0 Å². The van der Waals surface area contributed by atoms with Crippen molar-refractivity contribution in [3.63, 3.8) is 0 Å². The highest BCUT2D eigenvalue weighted by molar-refractivity contribution is 4.75. The van der Waals surface area contributed by atoms with Gasteiger partial charge >= 0.3 is 0 Å². The van der Waals surface area contributed by atoms with Gasteiger partial charge in [-0.1, -0.05) is 34.1 Å². The Morgan fingerprint density at radius 1 is 0.944 bits per heavy atom. The lowest BCUT2D eigenvalue weighted by Gasteiger charge is -2.33. The number of rotatable bonds is 11. The van der Waals surface area contributed by atoms with Gasteiger partial charge in [-0.25, -0.2) is 0 Å². The lowest BCUT2D eigenvalue weighted by atomic mass is 10.1. The van der Waals surface area contributed by atoms with Crippen LogP contribution in [0.4, 0.5) is 0 Å². The monoisotopic (exact) mass is 257 g/mol. The van der Waals surface area contributed by atoms with Crippen molar-refractivity contribution in [3.05, 3.63) is 0 Å². The molecule has 0 saturated heterocycles. The van der Waals surface area contributed by atoms with Gasteiger partial charge in [-0.15, -0.1) is 0 Å². The number of nitrogens with zero attached hydrogens (tertiary/aromatic N) is 2. The standard InChI is InChI=1S/C15H35N3/c1-7-9-15(13-16-14(3)4)18(10-8-2)12-11-17(5)6/h14-16H,7-13H2,1-6H3. The van der Waals surface area contributed by atoms with Crippen LogP contribution in [0.1, 0.15) is 47.0 Å². The molecule has 0 aliphatic carbocycles. The molecule has 0 bridgehead atoms. The third kappa shape index (κ3) is 8.90. The Kier molecular flexibility index (Phi) is 10.7. The highest BCUT2D eigenvalue weighted by atomic mass is 15.2. The first kappa shape index (κ1) is 17.9. The molecule has 0 amide bonds. The van der Waals surface area contributed by atoms with Crippen LogP contribution in [0.15, 0.2) is 0 Å². The lowest BCUT2D eigenvalue weighted by molar-refractivity contribution is 0.164. The first-order valence-corrected chi connectivity index (χ1v) is 7.63. The zero-order chi connectivity index (χ0) is 14.0. The van der Waals surface area contributed by atoms with Crippen LogP contribution in [-0.4, -0.2) is 62.2 Å². The molecule has 3 heteroatoms. The van der Waals surface area contributed by atoms with Crippen molar-refractivity contribution in [2.45, 2.75) is 59.0 Å². The predicted molar refractivity (Wildman–Crippen MR) is 82.3 cm³/mol. The Bertz CT molecular complexity index is 161. The van der Waals surface area contributed by atoms with Gasteiger partial charge in [-0.05, 0) is 33.5 Å². The molecule has 0 saturated carbocycles. The van der Waals surface area contributed by atoms with Crippen LogP contribution in [0.5, 0.6) is 0 Å². The zero-order valence-corrected chi connectivity index (χ0v) is 13.5. The Morgan fingerprint density at radius 3 is 2.06 bits per heavy atom. The van der Waals surface area contributed by atoms with E-state index in [2.05, 4.69) is 56.9 Å². The summed E-state index contributed by atoms with van der Waals surface area (Å²) in [5.74, 6) is 0. The molecule has 0 aromatic carbocycles. The minimum atomic E-state index is 0.585. The van der Waals surface area contributed by atoms with E-state index in [9.17, 15) is 0 Å². The van der Waals surface area contributed by atoms with Crippen LogP contribution in [0, 0.1) is 0 Å². The fraction of sp³-hybridized carbons (Fsp3) is 1.00. The van der Waals surface area contributed by atoms with E-state index in [0.717, 1.165) is 13.1 Å². The first-order valence-electron chi connectivity index (χ1n) is 7.63. The summed E-state index contributed by atoms with van der Waals surface area (Å²) in [6.45, 7) is 13.7. The second-order valence-electron chi connectivity index (χ2n) is 5.84. The molecule has 1 unspecified atom stereocenters. The van der Waals surface area contributed by atoms with Crippen molar-refractivity contribution in [2.75, 3.05) is 40.3 Å². The summed E-state index contributed by atoms with van der Waals surface area (Å²) >= 11 is 0. The molecule has 0 spiro atoms. The SMILES string of the molecule is CCCC(CNC(C)C)N(CCC)CCN(C)C. The van der Waals surface area contributed by atoms with Crippen LogP contribution >= 0.6 is 0 Å². The molecule has 0 aromatic heterocycles. The second kappa shape index (κ2) is 10.8. The number of hydrogen-bond acceptors (Lipinski definition) is 3. The van der Waals surface area contributed by atoms with Crippen LogP contribution in [0.3, 0.4) is 0 Å². The highest BCUT2D eigenvalue weighted by Gasteiger charge is 2.17. The lowest BCUT2D eigenvalue weighted by Crippen LogP contribution is -2.46. The highest BCUT2D eigenvalue weighted by Crippen LogP contribution is 2.08. The van der Waals surface area contributed by atoms with Crippen LogP contribution in [-0.2, 0) is 0 Å². The Morgan fingerprint density at radius 2 is 1.61 bits per heavy atom. The molecule has 0 rings (SSSR count). The molecular formula is C15H35N3. The molecule has 0 fully saturated rings. The van der Waals surface area contributed by atoms with E-state index in [4.69, 9.17) is 0 Å². The summed E-state index contributed by atoms with van der Waals surface area (Å²) in [6.07, 6.45) is 3.81. The number of hydrogen-bond donors (Lipinski definition) is 1. The van der Waals surface area contributed by atoms with Crippen LogP contribution in [0.2, 0.25) is 0 Å². The summed E-state index contributed by atoms with van der Waals surface area (Å²) in [5.41, 5.74) is 0. The smallest absolute Gasteiger partial charge is 0.0221 e. The van der Waals surface area contributed by atoms with Gasteiger partial charge in [0.1, 0.15) is 0 Å². The molecule has 0 aliphatic rings. The molecule has 0 heterocycles. The maximum Gasteiger partial charge on any atom is 0.0221 e. The van der Waals surface area contributed by atoms with Crippen molar-refractivity contribution >= 4 is 0 Å². The minimum absolute atomic E-state index is 0.585. The van der Waals surface area contributed by atoms with E-state index in [0.29, 0.717) is 12.1 Å². The van der Waals surface area contributed by atoms with E-state index >= 15 is 0 Å². The topological polar surface area (TPSA) is 18.5 Å². The molecule has 110 valence electrons. The minimum Gasteiger partial charge on any atom is -0.313 e. The third-order valence-corrected chi connectivity index (χ3v) is 3.25. The first-order chi connectivity index (χ1) is 8.51. The Hall–Kier alpha value is -0.120. The molecule has 1 atom stereocenters. The van der Waals surface area contributed by atoms with E-state index in [1.807, 2.05) is 0 Å². The van der Waals surface area contributed by atoms with Gasteiger partial charge in [0, 0.05) is 31.7 Å². The summed E-state index contributed by atoms with van der Waals surface area (Å²) in [4.78, 5) is 4.94. The average molecular weight is 257 g/mol. The molecular weight excluding hydrogens is 222 g/mol. The van der Waals surface area contributed by atoms with Gasteiger partial charge in [-0.3, -0.25) is 4.90 Å². The van der Waals surface area contributed by atoms with Gasteiger partial charge in [-0.2, -0.15) is 0 Å². The van der Waals surface area contributed by atoms with Crippen molar-refractivity contribution < 1.29 is 0 Å². The van der Waals surface area contributed by atoms with Crippen molar-refractivity contribution in [1.29, 1.82) is 0 Å². The van der Waals surface area contributed by atoms with Crippen molar-refractivity contribution in [2.24, 2.45) is 0 Å². The quantitative estimate of drug-likeness (QED) is 0.613. The van der Waals surface area contributed by atoms with E-state index in [-0.39, 0.29) is 0 Å². The average Bonchev–Trinajstić information content (AvgIpc) is 2.29. The molecule has 18 heavy (non-hydrogen) atoms. The van der Waals surface area contributed by atoms with E-state index in [1.165, 1.54) is 32.4 Å². The normalized spacial score (nSPS) is 13.8. The fourth-order valence-electron chi connectivity index (χ4n) is 2.21. The summed E-state index contributed by atoms with van der Waals surface area (Å²) in [6, 6.07) is 1.28. The number of likely N-dealkylation sites (N-methyl/N-ethyl adjacent to an activating group) is 1. The maximum absolute atomic E-state index is 3.60. The fourth-order valence-corrected chi connectivity index (χ4v) is 2.21. The summed E-state index contributed by atoms with van der Waals surface area (Å²) < 4.78 is 0. The third-order valence-electron chi connectivity index (χ3n) is 3.25. The number of nitrogens with one attached hydrogen (secondary N) is 1. The zero-order valence-electron chi connectivity index (χ0n) is 13.5. The van der Waals surface area contributed by atoms with Gasteiger partial charge in [0.2, 0.25) is 0 Å². The van der Waals surface area contributed by atoms with Crippen molar-refractivity contribution in [1.82, 2.24) is 15.1 Å². The molecule has 0 radical (unpaired) electrons.